The van der Waals surface area contributed by atoms with Crippen LogP contribution in [0.5, 0.6) is 5.75 Å². The maximum Gasteiger partial charge on any atom is 0.329 e. The summed E-state index contributed by atoms with van der Waals surface area (Å²) in [6.07, 6.45) is -0.543. The lowest BCUT2D eigenvalue weighted by Gasteiger charge is -2.09. The lowest BCUT2D eigenvalue weighted by molar-refractivity contribution is -0.142. The van der Waals surface area contributed by atoms with E-state index in [-0.39, 0.29) is 19.8 Å². The van der Waals surface area contributed by atoms with Gasteiger partial charge in [-0.1, -0.05) is 0 Å². The Morgan fingerprint density at radius 2 is 1.29 bits per heavy atom. The highest BCUT2D eigenvalue weighted by Crippen LogP contribution is 2.29. The van der Waals surface area contributed by atoms with Crippen molar-refractivity contribution in [3.63, 3.8) is 0 Å². The molecule has 0 spiro atoms. The van der Waals surface area contributed by atoms with Crippen LogP contribution in [0.15, 0.2) is 0 Å². The molecule has 0 atom stereocenters. The van der Waals surface area contributed by atoms with E-state index in [0.717, 1.165) is 0 Å². The number of benzene rings is 1. The first-order chi connectivity index (χ1) is 11.3. The normalized spacial score (nSPS) is 10.7. The highest BCUT2D eigenvalue weighted by atomic mass is 19.2. The van der Waals surface area contributed by atoms with Crippen LogP contribution in [-0.2, 0) is 19.1 Å². The van der Waals surface area contributed by atoms with Crippen LogP contribution in [0.2, 0.25) is 0 Å². The second kappa shape index (κ2) is 9.13. The summed E-state index contributed by atoms with van der Waals surface area (Å²) >= 11 is 0. The van der Waals surface area contributed by atoms with Crippen LogP contribution in [-0.4, -0.2) is 43.5 Å². The molecule has 1 N–H and O–H groups in total. The van der Waals surface area contributed by atoms with Crippen molar-refractivity contribution in [1.82, 2.24) is 0 Å². The maximum absolute atomic E-state index is 13.3. The van der Waals surface area contributed by atoms with Crippen LogP contribution in [0.1, 0.15) is 6.42 Å². The van der Waals surface area contributed by atoms with Crippen molar-refractivity contribution in [3.8, 4) is 5.75 Å². The molecule has 134 valence electrons. The van der Waals surface area contributed by atoms with Crippen molar-refractivity contribution < 1.29 is 50.9 Å². The number of hydrogen-bond acceptors (Lipinski definition) is 5. The monoisotopic (exact) mass is 358 g/mol. The molecule has 0 amide bonds. The van der Waals surface area contributed by atoms with E-state index in [1.54, 1.807) is 0 Å². The van der Waals surface area contributed by atoms with Gasteiger partial charge in [-0.3, -0.25) is 4.79 Å². The van der Waals surface area contributed by atoms with Crippen molar-refractivity contribution >= 4 is 11.9 Å². The SMILES string of the molecule is O=C(O)COCCOCCC(=O)Oc1c(F)c(F)c(F)c(F)c1F. The van der Waals surface area contributed by atoms with E-state index in [9.17, 15) is 31.5 Å². The van der Waals surface area contributed by atoms with Crippen molar-refractivity contribution in [2.45, 2.75) is 6.42 Å². The standard InChI is InChI=1S/C13H11F5O6/c14-8-9(15)11(17)13(12(18)10(8)16)24-7(21)1-2-22-3-4-23-5-6(19)20/h1-5H2,(H,19,20). The molecule has 1 aromatic carbocycles. The van der Waals surface area contributed by atoms with E-state index < -0.39 is 59.8 Å². The molecule has 0 unspecified atom stereocenters. The fraction of sp³-hybridized carbons (Fsp3) is 0.385. The van der Waals surface area contributed by atoms with E-state index in [2.05, 4.69) is 9.47 Å². The topological polar surface area (TPSA) is 82.1 Å². The predicted octanol–water partition coefficient (Wildman–Crippen LogP) is 1.80. The van der Waals surface area contributed by atoms with Crippen LogP contribution in [0.3, 0.4) is 0 Å². The van der Waals surface area contributed by atoms with E-state index in [4.69, 9.17) is 9.84 Å². The molecule has 1 aromatic rings. The number of carbonyl (C=O) groups is 2. The zero-order valence-corrected chi connectivity index (χ0v) is 11.9. The van der Waals surface area contributed by atoms with Crippen molar-refractivity contribution in [3.05, 3.63) is 29.1 Å². The summed E-state index contributed by atoms with van der Waals surface area (Å²) in [6.45, 7) is -1.00. The lowest BCUT2D eigenvalue weighted by atomic mass is 10.2. The van der Waals surface area contributed by atoms with Crippen molar-refractivity contribution in [2.24, 2.45) is 0 Å². The Labute approximate surface area is 131 Å². The molecule has 0 aromatic heterocycles. The summed E-state index contributed by atoms with van der Waals surface area (Å²) in [5.41, 5.74) is 0. The molecular weight excluding hydrogens is 347 g/mol. The second-order valence-corrected chi connectivity index (χ2v) is 4.18. The molecular formula is C13H11F5O6. The van der Waals surface area contributed by atoms with Crippen LogP contribution in [0.4, 0.5) is 22.0 Å². The highest BCUT2D eigenvalue weighted by Gasteiger charge is 2.28. The number of carboxylic acids is 1. The molecule has 0 aliphatic carbocycles. The first kappa shape index (κ1) is 19.8. The third-order valence-corrected chi connectivity index (χ3v) is 2.43. The van der Waals surface area contributed by atoms with Crippen LogP contribution in [0, 0.1) is 29.1 Å². The van der Waals surface area contributed by atoms with Gasteiger partial charge in [-0.05, 0) is 0 Å². The smallest absolute Gasteiger partial charge is 0.329 e. The molecule has 0 aliphatic rings. The zero-order valence-electron chi connectivity index (χ0n) is 11.9. The number of hydrogen-bond donors (Lipinski definition) is 1. The number of rotatable bonds is 9. The number of carbonyl (C=O) groups excluding carboxylic acids is 1. The summed E-state index contributed by atoms with van der Waals surface area (Å²) < 4.78 is 78.7. The van der Waals surface area contributed by atoms with Gasteiger partial charge < -0.3 is 19.3 Å². The Morgan fingerprint density at radius 3 is 1.83 bits per heavy atom. The van der Waals surface area contributed by atoms with Gasteiger partial charge >= 0.3 is 11.9 Å². The van der Waals surface area contributed by atoms with E-state index in [0.29, 0.717) is 0 Å². The summed E-state index contributed by atoms with van der Waals surface area (Å²) in [4.78, 5) is 21.4. The van der Waals surface area contributed by atoms with Crippen molar-refractivity contribution in [1.29, 1.82) is 0 Å². The van der Waals surface area contributed by atoms with Gasteiger partial charge in [-0.2, -0.15) is 8.78 Å². The molecule has 0 aliphatic heterocycles. The minimum absolute atomic E-state index is 0.0803. The number of halogens is 5. The zero-order chi connectivity index (χ0) is 18.3. The second-order valence-electron chi connectivity index (χ2n) is 4.18. The molecule has 0 saturated carbocycles. The fourth-order valence-electron chi connectivity index (χ4n) is 1.37. The largest absolute Gasteiger partial charge is 0.480 e. The summed E-state index contributed by atoms with van der Waals surface area (Å²) in [5.74, 6) is -15.5. The minimum atomic E-state index is -2.37. The predicted molar refractivity (Wildman–Crippen MR) is 65.8 cm³/mol. The quantitative estimate of drug-likeness (QED) is 0.181. The Balaban J connectivity index is 2.45. The van der Waals surface area contributed by atoms with E-state index in [1.807, 2.05) is 0 Å². The first-order valence-electron chi connectivity index (χ1n) is 6.35. The molecule has 24 heavy (non-hydrogen) atoms. The molecule has 11 heteroatoms. The highest BCUT2D eigenvalue weighted by molar-refractivity contribution is 5.72. The number of ether oxygens (including phenoxy) is 3. The molecule has 0 bridgehead atoms. The van der Waals surface area contributed by atoms with Gasteiger partial charge in [-0.25, -0.2) is 18.0 Å². The van der Waals surface area contributed by atoms with Gasteiger partial charge in [0, 0.05) is 0 Å². The van der Waals surface area contributed by atoms with Gasteiger partial charge in [0.25, 0.3) is 0 Å². The molecule has 0 fully saturated rings. The summed E-state index contributed by atoms with van der Waals surface area (Å²) in [5, 5.41) is 8.26. The summed E-state index contributed by atoms with van der Waals surface area (Å²) in [7, 11) is 0. The van der Waals surface area contributed by atoms with Gasteiger partial charge in [0.15, 0.2) is 0 Å². The first-order valence-corrected chi connectivity index (χ1v) is 6.35. The number of aliphatic carboxylic acids is 1. The number of esters is 1. The van der Waals surface area contributed by atoms with Gasteiger partial charge in [0.1, 0.15) is 6.61 Å². The third-order valence-electron chi connectivity index (χ3n) is 2.43. The van der Waals surface area contributed by atoms with Crippen molar-refractivity contribution in [2.75, 3.05) is 26.4 Å². The van der Waals surface area contributed by atoms with Gasteiger partial charge in [0.05, 0.1) is 26.2 Å². The fourth-order valence-corrected chi connectivity index (χ4v) is 1.37. The lowest BCUT2D eigenvalue weighted by Crippen LogP contribution is -2.16. The van der Waals surface area contributed by atoms with Crippen LogP contribution < -0.4 is 4.74 Å². The minimum Gasteiger partial charge on any atom is -0.480 e. The van der Waals surface area contributed by atoms with Gasteiger partial charge in [0.2, 0.25) is 34.8 Å². The average molecular weight is 358 g/mol. The molecule has 0 radical (unpaired) electrons. The number of carboxylic acid groups (broad SMARTS) is 1. The third kappa shape index (κ3) is 5.42. The average Bonchev–Trinajstić information content (AvgIpc) is 2.54. The summed E-state index contributed by atoms with van der Waals surface area (Å²) in [6, 6.07) is 0. The van der Waals surface area contributed by atoms with Crippen LogP contribution in [0.25, 0.3) is 0 Å². The van der Waals surface area contributed by atoms with E-state index >= 15 is 0 Å². The van der Waals surface area contributed by atoms with E-state index in [1.165, 1.54) is 0 Å². The Hall–Kier alpha value is -2.27. The molecule has 0 heterocycles. The Bertz CT molecular complexity index is 592. The maximum atomic E-state index is 13.3. The molecule has 6 nitrogen and oxygen atoms in total. The molecule has 0 saturated heterocycles. The Kier molecular flexibility index (Phi) is 7.52. The molecule has 1 rings (SSSR count). The Morgan fingerprint density at radius 1 is 0.792 bits per heavy atom. The van der Waals surface area contributed by atoms with Gasteiger partial charge in [-0.15, -0.1) is 0 Å². The van der Waals surface area contributed by atoms with Crippen LogP contribution >= 0.6 is 0 Å².